The fraction of sp³-hybridized carbons (Fsp3) is 0.531. The summed E-state index contributed by atoms with van der Waals surface area (Å²) in [5, 5.41) is 37.2. The van der Waals surface area contributed by atoms with Crippen LogP contribution in [0, 0.1) is 29.6 Å². The van der Waals surface area contributed by atoms with Crippen molar-refractivity contribution in [3.8, 4) is 29.4 Å². The standard InChI is InChI=1S/C49H62N8O5/c1-6-31-11-13-32(14-12-31)27-50-47(61)41-25-36(58)29-57(41)48(62)44(49(3,4)5)52-46(60)34-19-22-55(23-20-34)28-33-15-17-35(18-16-33)56-24-21-39-43(30(56)2)38-26-40(53-54-45(38)51-39)37-9-7-8-10-42(37)59/h1,7-14,26,30,33-36,41,44,58-59H,15-25,27-29H2,2-5H3,(H,50,61)(H,51,54)(H,52,60)/t30-,33?,35?,36-,41+,44-/m1/s1. The largest absolute Gasteiger partial charge is 0.507 e. The van der Waals surface area contributed by atoms with E-state index in [1.54, 1.807) is 6.07 Å². The van der Waals surface area contributed by atoms with Crippen molar-refractivity contribution >= 4 is 28.8 Å². The number of nitrogens with one attached hydrogen (secondary N) is 3. The SMILES string of the molecule is C#Cc1ccc(CNC(=O)[C@@H]2C[C@@H](O)CN2C(=O)[C@@H](NC(=O)C2CCN(CC3CCC(N4CCc5[nH]c6nnc(-c7ccccc7O)cc6c5[C@H]4C)CC3)CC2)C(C)(C)C)cc1. The van der Waals surface area contributed by atoms with Gasteiger partial charge in [-0.25, -0.2) is 0 Å². The molecule has 4 atom stereocenters. The van der Waals surface area contributed by atoms with E-state index in [4.69, 9.17) is 6.42 Å². The Morgan fingerprint density at radius 2 is 1.69 bits per heavy atom. The topological polar surface area (TPSA) is 167 Å². The van der Waals surface area contributed by atoms with Gasteiger partial charge in [0, 0.05) is 79.2 Å². The Bertz CT molecular complexity index is 2300. The van der Waals surface area contributed by atoms with Crippen LogP contribution in [0.2, 0.25) is 0 Å². The molecule has 2 saturated heterocycles. The van der Waals surface area contributed by atoms with Crippen LogP contribution in [-0.2, 0) is 27.3 Å². The van der Waals surface area contributed by atoms with E-state index >= 15 is 0 Å². The number of aliphatic hydroxyl groups excluding tert-OH is 1. The Labute approximate surface area is 365 Å². The van der Waals surface area contributed by atoms with Gasteiger partial charge in [-0.1, -0.05) is 51.0 Å². The van der Waals surface area contributed by atoms with Gasteiger partial charge in [0.15, 0.2) is 5.65 Å². The molecule has 2 aromatic heterocycles. The fourth-order valence-electron chi connectivity index (χ4n) is 10.5. The first kappa shape index (κ1) is 43.4. The number of β-amino-alcohol motifs (C(OH)–C–C–N with tert-alkyl or cyclic N) is 1. The summed E-state index contributed by atoms with van der Waals surface area (Å²) in [6.07, 6.45) is 11.9. The second-order valence-corrected chi connectivity index (χ2v) is 19.2. The molecule has 62 heavy (non-hydrogen) atoms. The molecule has 1 saturated carbocycles. The number of aromatic hydroxyl groups is 1. The van der Waals surface area contributed by atoms with E-state index in [2.05, 4.69) is 54.5 Å². The number of phenols is 1. The number of fused-ring (bicyclic) bond motifs is 3. The van der Waals surface area contributed by atoms with Crippen LogP contribution in [0.3, 0.4) is 0 Å². The molecule has 13 nitrogen and oxygen atoms in total. The summed E-state index contributed by atoms with van der Waals surface area (Å²) in [6.45, 7) is 12.1. The second-order valence-electron chi connectivity index (χ2n) is 19.2. The van der Waals surface area contributed by atoms with Crippen molar-refractivity contribution in [2.75, 3.05) is 32.7 Å². The number of nitrogens with zero attached hydrogens (tertiary/aromatic N) is 5. The molecule has 13 heteroatoms. The van der Waals surface area contributed by atoms with Crippen LogP contribution in [0.15, 0.2) is 54.6 Å². The average molecular weight is 843 g/mol. The number of carbonyl (C=O) groups is 3. The van der Waals surface area contributed by atoms with Crippen LogP contribution in [0.4, 0.5) is 0 Å². The first-order valence-electron chi connectivity index (χ1n) is 22.5. The molecule has 0 unspecified atom stereocenters. The van der Waals surface area contributed by atoms with Gasteiger partial charge in [-0.2, -0.15) is 0 Å². The minimum atomic E-state index is -0.847. The minimum absolute atomic E-state index is 0.0387. The van der Waals surface area contributed by atoms with Crippen molar-refractivity contribution in [2.45, 2.75) is 116 Å². The number of aromatic nitrogens is 3. The van der Waals surface area contributed by atoms with Gasteiger partial charge in [0.25, 0.3) is 0 Å². The number of amides is 3. The van der Waals surface area contributed by atoms with Gasteiger partial charge in [-0.3, -0.25) is 19.3 Å². The number of aromatic amines is 1. The van der Waals surface area contributed by atoms with Crippen molar-refractivity contribution < 1.29 is 24.6 Å². The van der Waals surface area contributed by atoms with Crippen molar-refractivity contribution in [2.24, 2.45) is 17.3 Å². The highest BCUT2D eigenvalue weighted by molar-refractivity contribution is 5.93. The van der Waals surface area contributed by atoms with Crippen LogP contribution in [0.1, 0.15) is 101 Å². The van der Waals surface area contributed by atoms with Gasteiger partial charge in [-0.05, 0) is 111 Å². The molecule has 3 amide bonds. The maximum atomic E-state index is 14.2. The molecule has 3 aliphatic heterocycles. The van der Waals surface area contributed by atoms with Gasteiger partial charge in [-0.15, -0.1) is 16.6 Å². The van der Waals surface area contributed by atoms with Crippen LogP contribution in [0.5, 0.6) is 5.75 Å². The zero-order valence-corrected chi connectivity index (χ0v) is 36.6. The maximum absolute atomic E-state index is 14.2. The highest BCUT2D eigenvalue weighted by Gasteiger charge is 2.45. The Kier molecular flexibility index (Phi) is 12.7. The minimum Gasteiger partial charge on any atom is -0.507 e. The van der Waals surface area contributed by atoms with E-state index in [1.807, 2.05) is 63.2 Å². The number of H-pyrrole nitrogens is 1. The molecule has 4 aromatic rings. The molecule has 5 N–H and O–H groups in total. The number of likely N-dealkylation sites (tertiary alicyclic amines) is 2. The lowest BCUT2D eigenvalue weighted by Gasteiger charge is -2.43. The Morgan fingerprint density at radius 3 is 2.39 bits per heavy atom. The number of carbonyl (C=O) groups excluding carboxylic acids is 3. The third kappa shape index (κ3) is 9.24. The molecule has 8 rings (SSSR count). The van der Waals surface area contributed by atoms with Crippen molar-refractivity contribution in [3.05, 3.63) is 77.0 Å². The summed E-state index contributed by atoms with van der Waals surface area (Å²) in [4.78, 5) is 51.6. The Hall–Kier alpha value is -5.29. The number of piperidine rings is 1. The first-order valence-corrected chi connectivity index (χ1v) is 22.5. The van der Waals surface area contributed by atoms with E-state index < -0.39 is 23.6 Å². The molecular formula is C49H62N8O5. The van der Waals surface area contributed by atoms with Crippen molar-refractivity contribution in [1.29, 1.82) is 0 Å². The number of aliphatic hydroxyl groups is 1. The second kappa shape index (κ2) is 18.2. The van der Waals surface area contributed by atoms with Gasteiger partial charge < -0.3 is 35.6 Å². The smallest absolute Gasteiger partial charge is 0.246 e. The average Bonchev–Trinajstić information content (AvgIpc) is 3.85. The summed E-state index contributed by atoms with van der Waals surface area (Å²) in [6, 6.07) is 15.8. The quantitative estimate of drug-likeness (QED) is 0.133. The van der Waals surface area contributed by atoms with E-state index in [-0.39, 0.29) is 54.9 Å². The molecule has 3 fully saturated rings. The van der Waals surface area contributed by atoms with Gasteiger partial charge in [0.1, 0.15) is 17.8 Å². The predicted octanol–water partition coefficient (Wildman–Crippen LogP) is 5.31. The van der Waals surface area contributed by atoms with E-state index in [0.29, 0.717) is 23.2 Å². The van der Waals surface area contributed by atoms with E-state index in [0.717, 1.165) is 80.4 Å². The predicted molar refractivity (Wildman–Crippen MR) is 238 cm³/mol. The van der Waals surface area contributed by atoms with Gasteiger partial charge >= 0.3 is 0 Å². The number of para-hydroxylation sites is 1. The summed E-state index contributed by atoms with van der Waals surface area (Å²) >= 11 is 0. The van der Waals surface area contributed by atoms with Crippen LogP contribution in [-0.4, -0.2) is 115 Å². The lowest BCUT2D eigenvalue weighted by Crippen LogP contribution is -2.58. The van der Waals surface area contributed by atoms with Gasteiger partial charge in [0.05, 0.1) is 11.8 Å². The highest BCUT2D eigenvalue weighted by atomic mass is 16.3. The monoisotopic (exact) mass is 842 g/mol. The summed E-state index contributed by atoms with van der Waals surface area (Å²) in [7, 11) is 0. The third-order valence-electron chi connectivity index (χ3n) is 14.0. The Balaban J connectivity index is 0.814. The molecule has 0 bridgehead atoms. The molecule has 0 radical (unpaired) electrons. The summed E-state index contributed by atoms with van der Waals surface area (Å²) in [5.41, 5.74) is 5.70. The number of hydrogen-bond acceptors (Lipinski definition) is 9. The number of terminal acetylenes is 1. The molecule has 4 aliphatic rings. The van der Waals surface area contributed by atoms with E-state index in [9.17, 15) is 24.6 Å². The molecule has 5 heterocycles. The fourth-order valence-corrected chi connectivity index (χ4v) is 10.5. The van der Waals surface area contributed by atoms with Crippen LogP contribution < -0.4 is 10.6 Å². The molecule has 1 aliphatic carbocycles. The zero-order chi connectivity index (χ0) is 43.7. The van der Waals surface area contributed by atoms with Crippen LogP contribution >= 0.6 is 0 Å². The molecular weight excluding hydrogens is 781 g/mol. The number of benzene rings is 2. The number of rotatable bonds is 10. The summed E-state index contributed by atoms with van der Waals surface area (Å²) < 4.78 is 0. The first-order chi connectivity index (χ1) is 29.8. The zero-order valence-electron chi connectivity index (χ0n) is 36.6. The third-order valence-corrected chi connectivity index (χ3v) is 14.0. The molecule has 328 valence electrons. The van der Waals surface area contributed by atoms with Crippen molar-refractivity contribution in [3.63, 3.8) is 0 Å². The number of hydrogen-bond donors (Lipinski definition) is 5. The summed E-state index contributed by atoms with van der Waals surface area (Å²) in [5.74, 6) is 2.40. The maximum Gasteiger partial charge on any atom is 0.246 e. The lowest BCUT2D eigenvalue weighted by molar-refractivity contribution is -0.144. The van der Waals surface area contributed by atoms with Crippen molar-refractivity contribution in [1.82, 2.24) is 40.5 Å². The number of phenolic OH excluding ortho intramolecular Hbond substituents is 1. The Morgan fingerprint density at radius 1 is 0.968 bits per heavy atom. The van der Waals surface area contributed by atoms with E-state index in [1.165, 1.54) is 29.0 Å². The van der Waals surface area contributed by atoms with Crippen LogP contribution in [0.25, 0.3) is 22.3 Å². The van der Waals surface area contributed by atoms with Gasteiger partial charge in [0.2, 0.25) is 17.7 Å². The normalized spacial score (nSPS) is 24.3. The lowest BCUT2D eigenvalue weighted by atomic mass is 9.82. The highest BCUT2D eigenvalue weighted by Crippen LogP contribution is 2.41. The molecule has 2 aromatic carbocycles. The molecule has 0 spiro atoms.